The van der Waals surface area contributed by atoms with E-state index in [-0.39, 0.29) is 22.9 Å². The summed E-state index contributed by atoms with van der Waals surface area (Å²) < 4.78 is 0. The highest BCUT2D eigenvalue weighted by atomic mass is 16.6. The van der Waals surface area contributed by atoms with Crippen molar-refractivity contribution in [3.8, 4) is 5.75 Å². The summed E-state index contributed by atoms with van der Waals surface area (Å²) in [4.78, 5) is 35.7. The zero-order chi connectivity index (χ0) is 17.9. The number of nitrogens with one attached hydrogen (secondary N) is 1. The zero-order valence-electron chi connectivity index (χ0n) is 13.0. The molecule has 0 aromatic heterocycles. The lowest BCUT2D eigenvalue weighted by atomic mass is 10.1. The van der Waals surface area contributed by atoms with Crippen LogP contribution < -0.4 is 5.32 Å². The molecule has 24 heavy (non-hydrogen) atoms. The third-order valence-electron chi connectivity index (χ3n) is 3.21. The molecule has 2 amide bonds. The molecule has 2 rings (SSSR count). The molecule has 0 aliphatic rings. The highest BCUT2D eigenvalue weighted by Gasteiger charge is 2.17. The Bertz CT molecular complexity index is 817. The number of rotatable bonds is 4. The summed E-state index contributed by atoms with van der Waals surface area (Å²) in [5, 5.41) is 23.0. The van der Waals surface area contributed by atoms with Crippen LogP contribution in [0.15, 0.2) is 42.5 Å². The number of aromatic hydroxyl groups is 1. The first-order chi connectivity index (χ1) is 11.3. The zero-order valence-corrected chi connectivity index (χ0v) is 13.0. The Morgan fingerprint density at radius 3 is 2.50 bits per heavy atom. The van der Waals surface area contributed by atoms with Crippen molar-refractivity contribution in [2.45, 2.75) is 0 Å². The quantitative estimate of drug-likeness (QED) is 0.660. The van der Waals surface area contributed by atoms with Gasteiger partial charge in [-0.2, -0.15) is 0 Å². The van der Waals surface area contributed by atoms with Crippen molar-refractivity contribution in [2.75, 3.05) is 19.4 Å². The molecule has 0 radical (unpaired) electrons. The molecular formula is C16H15N3O5. The Morgan fingerprint density at radius 1 is 1.17 bits per heavy atom. The van der Waals surface area contributed by atoms with Crippen molar-refractivity contribution in [2.24, 2.45) is 0 Å². The number of nitro benzene ring substituents is 1. The lowest BCUT2D eigenvalue weighted by molar-refractivity contribution is -0.384. The monoisotopic (exact) mass is 329 g/mol. The van der Waals surface area contributed by atoms with Gasteiger partial charge in [0.25, 0.3) is 17.5 Å². The summed E-state index contributed by atoms with van der Waals surface area (Å²) in [6.45, 7) is 0. The second-order valence-electron chi connectivity index (χ2n) is 5.19. The minimum atomic E-state index is -0.717. The fourth-order valence-electron chi connectivity index (χ4n) is 2.01. The molecule has 0 bridgehead atoms. The van der Waals surface area contributed by atoms with Crippen LogP contribution in [0, 0.1) is 10.1 Å². The average Bonchev–Trinajstić information content (AvgIpc) is 2.54. The molecule has 0 atom stereocenters. The van der Waals surface area contributed by atoms with Gasteiger partial charge in [-0.25, -0.2) is 0 Å². The normalized spacial score (nSPS) is 10.1. The molecule has 0 fully saturated rings. The summed E-state index contributed by atoms with van der Waals surface area (Å²) in [6, 6.07) is 9.41. The van der Waals surface area contributed by atoms with E-state index in [0.717, 1.165) is 18.2 Å². The number of amides is 2. The summed E-state index contributed by atoms with van der Waals surface area (Å²) in [7, 11) is 3.21. The van der Waals surface area contributed by atoms with Crippen molar-refractivity contribution >= 4 is 23.2 Å². The van der Waals surface area contributed by atoms with E-state index in [1.807, 2.05) is 0 Å². The number of phenolic OH excluding ortho intramolecular Hbond substituents is 1. The standard InChI is InChI=1S/C16H15N3O5/c1-18(2)16(22)10-4-3-5-11(8-10)17-15(21)13-9-12(19(23)24)6-7-14(13)20/h3-9,20H,1-2H3,(H,17,21). The molecule has 8 nitrogen and oxygen atoms in total. The van der Waals surface area contributed by atoms with E-state index in [0.29, 0.717) is 11.3 Å². The predicted molar refractivity (Wildman–Crippen MR) is 87.2 cm³/mol. The van der Waals surface area contributed by atoms with Gasteiger partial charge < -0.3 is 15.3 Å². The van der Waals surface area contributed by atoms with Gasteiger partial charge in [0.1, 0.15) is 5.75 Å². The summed E-state index contributed by atoms with van der Waals surface area (Å²) in [6.07, 6.45) is 0. The molecule has 124 valence electrons. The second-order valence-corrected chi connectivity index (χ2v) is 5.19. The molecular weight excluding hydrogens is 314 g/mol. The Balaban J connectivity index is 2.27. The van der Waals surface area contributed by atoms with Crippen LogP contribution >= 0.6 is 0 Å². The van der Waals surface area contributed by atoms with Crippen molar-refractivity contribution < 1.29 is 19.6 Å². The first kappa shape index (κ1) is 16.9. The number of nitrogens with zero attached hydrogens (tertiary/aromatic N) is 2. The van der Waals surface area contributed by atoms with Crippen LogP contribution in [-0.4, -0.2) is 40.8 Å². The van der Waals surface area contributed by atoms with Crippen molar-refractivity contribution in [1.29, 1.82) is 0 Å². The van der Waals surface area contributed by atoms with Gasteiger partial charge in [-0.3, -0.25) is 19.7 Å². The van der Waals surface area contributed by atoms with Gasteiger partial charge in [-0.15, -0.1) is 0 Å². The third-order valence-corrected chi connectivity index (χ3v) is 3.21. The molecule has 2 N–H and O–H groups in total. The summed E-state index contributed by atoms with van der Waals surface area (Å²) in [5.41, 5.74) is 0.169. The van der Waals surface area contributed by atoms with Gasteiger partial charge in [-0.1, -0.05) is 6.07 Å². The number of hydrogen-bond acceptors (Lipinski definition) is 5. The van der Waals surface area contributed by atoms with Crippen LogP contribution in [0.25, 0.3) is 0 Å². The summed E-state index contributed by atoms with van der Waals surface area (Å²) >= 11 is 0. The Morgan fingerprint density at radius 2 is 1.88 bits per heavy atom. The first-order valence-electron chi connectivity index (χ1n) is 6.90. The molecule has 2 aromatic carbocycles. The number of carbonyl (C=O) groups is 2. The first-order valence-corrected chi connectivity index (χ1v) is 6.90. The van der Waals surface area contributed by atoms with Crippen LogP contribution in [-0.2, 0) is 0 Å². The van der Waals surface area contributed by atoms with Gasteiger partial charge in [-0.05, 0) is 24.3 Å². The Kier molecular flexibility index (Phi) is 4.78. The van der Waals surface area contributed by atoms with Gasteiger partial charge in [0, 0.05) is 37.5 Å². The highest BCUT2D eigenvalue weighted by Crippen LogP contribution is 2.24. The second kappa shape index (κ2) is 6.78. The van der Waals surface area contributed by atoms with Gasteiger partial charge in [0.2, 0.25) is 0 Å². The largest absolute Gasteiger partial charge is 0.507 e. The maximum Gasteiger partial charge on any atom is 0.270 e. The van der Waals surface area contributed by atoms with Crippen LogP contribution in [0.5, 0.6) is 5.75 Å². The van der Waals surface area contributed by atoms with E-state index in [9.17, 15) is 24.8 Å². The number of hydrogen-bond donors (Lipinski definition) is 2. The van der Waals surface area contributed by atoms with E-state index in [4.69, 9.17) is 0 Å². The highest BCUT2D eigenvalue weighted by molar-refractivity contribution is 6.07. The topological polar surface area (TPSA) is 113 Å². The molecule has 0 aliphatic carbocycles. The molecule has 0 saturated heterocycles. The molecule has 0 spiro atoms. The maximum absolute atomic E-state index is 12.2. The maximum atomic E-state index is 12.2. The van der Waals surface area contributed by atoms with Crippen molar-refractivity contribution in [1.82, 2.24) is 4.90 Å². The molecule has 8 heteroatoms. The SMILES string of the molecule is CN(C)C(=O)c1cccc(NC(=O)c2cc([N+](=O)[O-])ccc2O)c1. The van der Waals surface area contributed by atoms with Crippen LogP contribution in [0.1, 0.15) is 20.7 Å². The van der Waals surface area contributed by atoms with E-state index >= 15 is 0 Å². The van der Waals surface area contributed by atoms with Gasteiger partial charge in [0.15, 0.2) is 0 Å². The van der Waals surface area contributed by atoms with Gasteiger partial charge >= 0.3 is 0 Å². The fourth-order valence-corrected chi connectivity index (χ4v) is 2.01. The Labute approximate surface area is 137 Å². The van der Waals surface area contributed by atoms with Crippen molar-refractivity contribution in [3.05, 3.63) is 63.7 Å². The summed E-state index contributed by atoms with van der Waals surface area (Å²) in [5.74, 6) is -1.33. The van der Waals surface area contributed by atoms with Crippen LogP contribution in [0.3, 0.4) is 0 Å². The lowest BCUT2D eigenvalue weighted by Crippen LogP contribution is -2.22. The fraction of sp³-hybridized carbons (Fsp3) is 0.125. The predicted octanol–water partition coefficient (Wildman–Crippen LogP) is 2.25. The van der Waals surface area contributed by atoms with E-state index < -0.39 is 10.8 Å². The number of non-ortho nitro benzene ring substituents is 1. The smallest absolute Gasteiger partial charge is 0.270 e. The number of benzene rings is 2. The molecule has 0 unspecified atom stereocenters. The van der Waals surface area contributed by atoms with Crippen molar-refractivity contribution in [3.63, 3.8) is 0 Å². The number of nitro groups is 1. The lowest BCUT2D eigenvalue weighted by Gasteiger charge is -2.12. The number of carbonyl (C=O) groups excluding carboxylic acids is 2. The number of phenols is 1. The Hall–Kier alpha value is -3.42. The molecule has 0 aliphatic heterocycles. The minimum absolute atomic E-state index is 0.228. The van der Waals surface area contributed by atoms with Crippen LogP contribution in [0.2, 0.25) is 0 Å². The van der Waals surface area contributed by atoms with E-state index in [1.165, 1.54) is 11.0 Å². The minimum Gasteiger partial charge on any atom is -0.507 e. The average molecular weight is 329 g/mol. The third kappa shape index (κ3) is 3.67. The molecule has 0 saturated carbocycles. The van der Waals surface area contributed by atoms with Gasteiger partial charge in [0.05, 0.1) is 10.5 Å². The molecule has 2 aromatic rings. The van der Waals surface area contributed by atoms with E-state index in [2.05, 4.69) is 5.32 Å². The van der Waals surface area contributed by atoms with Crippen LogP contribution in [0.4, 0.5) is 11.4 Å². The van der Waals surface area contributed by atoms with E-state index in [1.54, 1.807) is 32.3 Å². The number of anilines is 1. The molecule has 0 heterocycles.